The van der Waals surface area contributed by atoms with Crippen LogP contribution in [0.2, 0.25) is 0 Å². The van der Waals surface area contributed by atoms with Crippen LogP contribution in [0.25, 0.3) is 0 Å². The Kier molecular flexibility index (Phi) is 4.15. The van der Waals surface area contributed by atoms with Crippen molar-refractivity contribution in [2.24, 2.45) is 0 Å². The van der Waals surface area contributed by atoms with Gasteiger partial charge in [0.15, 0.2) is 0 Å². The molecule has 7 nitrogen and oxygen atoms in total. The molecule has 25 heavy (non-hydrogen) atoms. The molecule has 0 amide bonds. The predicted molar refractivity (Wildman–Crippen MR) is 97.4 cm³/mol. The first-order valence-electron chi connectivity index (χ1n) is 9.01. The molecule has 0 bridgehead atoms. The molecule has 132 valence electrons. The Morgan fingerprint density at radius 2 is 1.92 bits per heavy atom. The summed E-state index contributed by atoms with van der Waals surface area (Å²) in [7, 11) is 0. The van der Waals surface area contributed by atoms with Gasteiger partial charge in [-0.05, 0) is 38.7 Å². The summed E-state index contributed by atoms with van der Waals surface area (Å²) in [4.78, 5) is 33.2. The smallest absolute Gasteiger partial charge is 0.252 e. The Bertz CT molecular complexity index is 827. The van der Waals surface area contributed by atoms with Gasteiger partial charge in [0.05, 0.1) is 5.69 Å². The molecular weight excluding hydrogens is 316 g/mol. The zero-order valence-electron chi connectivity index (χ0n) is 14.8. The Hall–Kier alpha value is -2.44. The maximum absolute atomic E-state index is 12.1. The highest BCUT2D eigenvalue weighted by molar-refractivity contribution is 5.37. The minimum Gasteiger partial charge on any atom is -0.342 e. The van der Waals surface area contributed by atoms with E-state index in [2.05, 4.69) is 24.8 Å². The third-order valence-corrected chi connectivity index (χ3v) is 5.26. The molecule has 2 aliphatic rings. The Morgan fingerprint density at radius 1 is 1.12 bits per heavy atom. The van der Waals surface area contributed by atoms with Crippen molar-refractivity contribution in [1.82, 2.24) is 19.9 Å². The summed E-state index contributed by atoms with van der Waals surface area (Å²) in [6.45, 7) is 7.67. The van der Waals surface area contributed by atoms with Crippen LogP contribution in [0.3, 0.4) is 0 Å². The fourth-order valence-electron chi connectivity index (χ4n) is 3.60. The normalized spacial score (nSPS) is 20.5. The molecule has 4 heterocycles. The number of aryl methyl sites for hydroxylation is 2. The van der Waals surface area contributed by atoms with Gasteiger partial charge < -0.3 is 9.80 Å². The van der Waals surface area contributed by atoms with E-state index in [0.717, 1.165) is 74.3 Å². The van der Waals surface area contributed by atoms with Gasteiger partial charge in [-0.2, -0.15) is 0 Å². The molecule has 4 rings (SSSR count). The average Bonchev–Trinajstić information content (AvgIpc) is 3.28. The van der Waals surface area contributed by atoms with Gasteiger partial charge in [0.2, 0.25) is 11.9 Å². The Balaban J connectivity index is 1.55. The highest BCUT2D eigenvalue weighted by Gasteiger charge is 2.28. The number of hydrogen-bond acceptors (Lipinski definition) is 6. The monoisotopic (exact) mass is 340 g/mol. The fraction of sp³-hybridized carbons (Fsp3) is 0.556. The second kappa shape index (κ2) is 6.46. The number of anilines is 2. The van der Waals surface area contributed by atoms with Crippen LogP contribution in [0, 0.1) is 13.8 Å². The standard InChI is InChI=1S/C18H24N6O/c1-12-10-19-17(20-13(12)2)24-8-5-14(11-24)15-9-16(25)22-18(21-15)23-6-3-4-7-23/h9-10,14H,3-8,11H2,1-2H3,(H,21,22,25). The maximum atomic E-state index is 12.1. The van der Waals surface area contributed by atoms with Gasteiger partial charge in [0.1, 0.15) is 0 Å². The van der Waals surface area contributed by atoms with Crippen LogP contribution in [0.1, 0.15) is 42.1 Å². The number of hydrogen-bond donors (Lipinski definition) is 1. The fourth-order valence-corrected chi connectivity index (χ4v) is 3.60. The molecule has 0 saturated carbocycles. The lowest BCUT2D eigenvalue weighted by Crippen LogP contribution is -2.26. The minimum atomic E-state index is -0.0622. The molecule has 0 aliphatic carbocycles. The van der Waals surface area contributed by atoms with Crippen LogP contribution >= 0.6 is 0 Å². The molecule has 1 unspecified atom stereocenters. The summed E-state index contributed by atoms with van der Waals surface area (Å²) >= 11 is 0. The molecule has 1 N–H and O–H groups in total. The lowest BCUT2D eigenvalue weighted by atomic mass is 10.1. The second-order valence-electron chi connectivity index (χ2n) is 7.06. The molecule has 2 saturated heterocycles. The molecule has 2 aromatic heterocycles. The minimum absolute atomic E-state index is 0.0622. The van der Waals surface area contributed by atoms with Crippen molar-refractivity contribution in [2.75, 3.05) is 36.0 Å². The Labute approximate surface area is 147 Å². The first-order chi connectivity index (χ1) is 12.1. The molecule has 0 aromatic carbocycles. The molecule has 1 atom stereocenters. The van der Waals surface area contributed by atoms with Crippen LogP contribution in [0.4, 0.5) is 11.9 Å². The molecule has 0 spiro atoms. The van der Waals surface area contributed by atoms with Gasteiger partial charge in [0.25, 0.3) is 5.56 Å². The van der Waals surface area contributed by atoms with Gasteiger partial charge in [-0.3, -0.25) is 9.78 Å². The predicted octanol–water partition coefficient (Wildman–Crippen LogP) is 1.77. The number of H-pyrrole nitrogens is 1. The summed E-state index contributed by atoms with van der Waals surface area (Å²) in [5.41, 5.74) is 2.94. The summed E-state index contributed by atoms with van der Waals surface area (Å²) < 4.78 is 0. The Morgan fingerprint density at radius 3 is 2.68 bits per heavy atom. The van der Waals surface area contributed by atoms with Crippen molar-refractivity contribution in [3.05, 3.63) is 39.6 Å². The molecule has 0 radical (unpaired) electrons. The third kappa shape index (κ3) is 3.23. The van der Waals surface area contributed by atoms with Crippen LogP contribution in [-0.2, 0) is 0 Å². The van der Waals surface area contributed by atoms with Crippen LogP contribution in [0.15, 0.2) is 17.1 Å². The van der Waals surface area contributed by atoms with Gasteiger partial charge in [-0.25, -0.2) is 15.0 Å². The molecule has 2 aromatic rings. The van der Waals surface area contributed by atoms with E-state index in [9.17, 15) is 4.79 Å². The summed E-state index contributed by atoms with van der Waals surface area (Å²) in [5, 5.41) is 0. The summed E-state index contributed by atoms with van der Waals surface area (Å²) in [6.07, 6.45) is 5.17. The zero-order chi connectivity index (χ0) is 17.4. The van der Waals surface area contributed by atoms with E-state index in [0.29, 0.717) is 0 Å². The average molecular weight is 340 g/mol. The molecule has 2 fully saturated rings. The van der Waals surface area contributed by atoms with E-state index in [1.54, 1.807) is 6.07 Å². The molecular formula is C18H24N6O. The van der Waals surface area contributed by atoms with Gasteiger partial charge in [-0.15, -0.1) is 0 Å². The summed E-state index contributed by atoms with van der Waals surface area (Å²) in [6, 6.07) is 1.65. The van der Waals surface area contributed by atoms with E-state index in [4.69, 9.17) is 4.98 Å². The number of aromatic amines is 1. The highest BCUT2D eigenvalue weighted by Crippen LogP contribution is 2.28. The van der Waals surface area contributed by atoms with Crippen LogP contribution in [0.5, 0.6) is 0 Å². The van der Waals surface area contributed by atoms with Gasteiger partial charge in [-0.1, -0.05) is 0 Å². The first-order valence-corrected chi connectivity index (χ1v) is 9.01. The van der Waals surface area contributed by atoms with E-state index < -0.39 is 0 Å². The van der Waals surface area contributed by atoms with Crippen molar-refractivity contribution in [2.45, 2.75) is 39.0 Å². The van der Waals surface area contributed by atoms with Crippen molar-refractivity contribution in [3.8, 4) is 0 Å². The molecule has 7 heteroatoms. The number of nitrogens with one attached hydrogen (secondary N) is 1. The number of nitrogens with zero attached hydrogens (tertiary/aromatic N) is 5. The van der Waals surface area contributed by atoms with Crippen molar-refractivity contribution < 1.29 is 0 Å². The van der Waals surface area contributed by atoms with Gasteiger partial charge in [0, 0.05) is 50.1 Å². The number of rotatable bonds is 3. The van der Waals surface area contributed by atoms with E-state index in [-0.39, 0.29) is 11.5 Å². The zero-order valence-corrected chi connectivity index (χ0v) is 14.8. The SMILES string of the molecule is Cc1cnc(N2CCC(c3cc(=O)[nH]c(N4CCCC4)n3)C2)nc1C. The first kappa shape index (κ1) is 16.1. The third-order valence-electron chi connectivity index (χ3n) is 5.26. The van der Waals surface area contributed by atoms with Gasteiger partial charge >= 0.3 is 0 Å². The van der Waals surface area contributed by atoms with E-state index in [1.807, 2.05) is 20.0 Å². The number of aromatic nitrogens is 4. The van der Waals surface area contributed by atoms with E-state index >= 15 is 0 Å². The summed E-state index contributed by atoms with van der Waals surface area (Å²) in [5.74, 6) is 1.74. The quantitative estimate of drug-likeness (QED) is 0.917. The largest absolute Gasteiger partial charge is 0.342 e. The lowest BCUT2D eigenvalue weighted by Gasteiger charge is -2.19. The molecule has 2 aliphatic heterocycles. The maximum Gasteiger partial charge on any atom is 0.252 e. The lowest BCUT2D eigenvalue weighted by molar-refractivity contribution is 0.727. The van der Waals surface area contributed by atoms with Crippen LogP contribution < -0.4 is 15.4 Å². The van der Waals surface area contributed by atoms with Crippen molar-refractivity contribution in [3.63, 3.8) is 0 Å². The van der Waals surface area contributed by atoms with Crippen molar-refractivity contribution in [1.29, 1.82) is 0 Å². The second-order valence-corrected chi connectivity index (χ2v) is 7.06. The van der Waals surface area contributed by atoms with Crippen molar-refractivity contribution >= 4 is 11.9 Å². The highest BCUT2D eigenvalue weighted by atomic mass is 16.1. The van der Waals surface area contributed by atoms with Crippen LogP contribution in [-0.4, -0.2) is 46.1 Å². The van der Waals surface area contributed by atoms with E-state index in [1.165, 1.54) is 0 Å². The topological polar surface area (TPSA) is 78.0 Å².